The minimum absolute atomic E-state index is 0.0158. The van der Waals surface area contributed by atoms with Gasteiger partial charge in [-0.25, -0.2) is 9.45 Å². The Morgan fingerprint density at radius 3 is 2.68 bits per heavy atom. The molecule has 0 bridgehead atoms. The molecule has 1 aliphatic carbocycles. The number of halogens is 1. The van der Waals surface area contributed by atoms with Crippen LogP contribution in [0.3, 0.4) is 0 Å². The van der Waals surface area contributed by atoms with E-state index in [2.05, 4.69) is 9.97 Å². The van der Waals surface area contributed by atoms with Gasteiger partial charge in [-0.2, -0.15) is 0 Å². The molecule has 4 rings (SSSR count). The molecular weight excluding hydrogens is 399 g/mol. The second-order valence-electron chi connectivity index (χ2n) is 8.49. The molecule has 164 valence electrons. The van der Waals surface area contributed by atoms with E-state index in [1.807, 2.05) is 6.92 Å². The van der Waals surface area contributed by atoms with Gasteiger partial charge in [-0.3, -0.25) is 24.4 Å². The van der Waals surface area contributed by atoms with Crippen LogP contribution in [0.25, 0.3) is 0 Å². The summed E-state index contributed by atoms with van der Waals surface area (Å²) in [5, 5.41) is 1.51. The van der Waals surface area contributed by atoms with E-state index in [-0.39, 0.29) is 23.4 Å². The number of hydrogen-bond donors (Lipinski definition) is 1. The number of nitrogens with zero attached hydrogens (tertiary/aromatic N) is 3. The van der Waals surface area contributed by atoms with Crippen LogP contribution in [-0.2, 0) is 16.1 Å². The molecule has 1 saturated carbocycles. The molecule has 7 nitrogen and oxygen atoms in total. The Bertz CT molecular complexity index is 975. The fourth-order valence-corrected chi connectivity index (χ4v) is 4.61. The molecule has 1 aliphatic heterocycles. The van der Waals surface area contributed by atoms with Gasteiger partial charge in [0.2, 0.25) is 5.91 Å². The average Bonchev–Trinajstić information content (AvgIpc) is 3.25. The summed E-state index contributed by atoms with van der Waals surface area (Å²) in [6.45, 7) is 2.38. The predicted molar refractivity (Wildman–Crippen MR) is 111 cm³/mol. The van der Waals surface area contributed by atoms with Crippen LogP contribution in [0.15, 0.2) is 30.6 Å². The number of carbonyl (C=O) groups excluding carboxylic acids is 2. The molecule has 0 unspecified atom stereocenters. The van der Waals surface area contributed by atoms with Crippen LogP contribution in [0, 0.1) is 24.6 Å². The summed E-state index contributed by atoms with van der Waals surface area (Å²) in [6.07, 6.45) is 8.19. The van der Waals surface area contributed by atoms with Gasteiger partial charge in [-0.1, -0.05) is 6.07 Å². The summed E-state index contributed by atoms with van der Waals surface area (Å²) in [5.41, 5.74) is 7.65. The van der Waals surface area contributed by atoms with Gasteiger partial charge in [0, 0.05) is 18.5 Å². The van der Waals surface area contributed by atoms with Crippen LogP contribution in [-0.4, -0.2) is 33.5 Å². The molecule has 1 aromatic heterocycles. The zero-order valence-electron chi connectivity index (χ0n) is 17.6. The summed E-state index contributed by atoms with van der Waals surface area (Å²) in [4.78, 5) is 38.9. The Labute approximate surface area is 180 Å². The SMILES string of the molecule is Cc1cncc([C@@H]2CCON2C(=O)[C@H]2CC[C@H](Cc3ccc(F)c(C(N)=O)c3)CC2)n1. The van der Waals surface area contributed by atoms with Crippen molar-refractivity contribution in [2.75, 3.05) is 6.61 Å². The number of rotatable bonds is 5. The fraction of sp³-hybridized carbons (Fsp3) is 0.478. The van der Waals surface area contributed by atoms with E-state index in [1.165, 1.54) is 11.1 Å². The van der Waals surface area contributed by atoms with Crippen LogP contribution in [0.1, 0.15) is 65.5 Å². The Balaban J connectivity index is 1.36. The largest absolute Gasteiger partial charge is 0.366 e. The van der Waals surface area contributed by atoms with Crippen LogP contribution in [0.4, 0.5) is 4.39 Å². The first-order valence-electron chi connectivity index (χ1n) is 10.7. The molecule has 1 saturated heterocycles. The van der Waals surface area contributed by atoms with Crippen molar-refractivity contribution in [2.24, 2.45) is 17.6 Å². The Kier molecular flexibility index (Phi) is 6.27. The summed E-state index contributed by atoms with van der Waals surface area (Å²) in [6, 6.07) is 4.35. The number of benzene rings is 1. The molecule has 2 heterocycles. The van der Waals surface area contributed by atoms with Crippen molar-refractivity contribution in [3.05, 3.63) is 58.9 Å². The highest BCUT2D eigenvalue weighted by molar-refractivity contribution is 5.93. The van der Waals surface area contributed by atoms with E-state index in [0.717, 1.165) is 49.1 Å². The van der Waals surface area contributed by atoms with Crippen molar-refractivity contribution in [1.82, 2.24) is 15.0 Å². The van der Waals surface area contributed by atoms with Crippen molar-refractivity contribution in [2.45, 2.75) is 51.5 Å². The lowest BCUT2D eigenvalue weighted by atomic mass is 9.78. The number of carbonyl (C=O) groups is 2. The van der Waals surface area contributed by atoms with Crippen LogP contribution < -0.4 is 5.73 Å². The molecular formula is C23H27FN4O3. The number of nitrogens with two attached hydrogens (primary N) is 1. The van der Waals surface area contributed by atoms with Gasteiger partial charge >= 0.3 is 0 Å². The third-order valence-electron chi connectivity index (χ3n) is 6.25. The molecule has 2 aromatic rings. The summed E-state index contributed by atoms with van der Waals surface area (Å²) in [7, 11) is 0. The maximum atomic E-state index is 13.7. The Hall–Kier alpha value is -2.87. The number of aryl methyl sites for hydroxylation is 1. The lowest BCUT2D eigenvalue weighted by molar-refractivity contribution is -0.183. The molecule has 2 aliphatic rings. The second kappa shape index (κ2) is 9.09. The van der Waals surface area contributed by atoms with E-state index in [4.69, 9.17) is 10.6 Å². The van der Waals surface area contributed by atoms with E-state index in [1.54, 1.807) is 24.5 Å². The van der Waals surface area contributed by atoms with E-state index < -0.39 is 11.7 Å². The predicted octanol–water partition coefficient (Wildman–Crippen LogP) is 3.28. The van der Waals surface area contributed by atoms with Crippen molar-refractivity contribution < 1.29 is 18.8 Å². The fourth-order valence-electron chi connectivity index (χ4n) is 4.61. The van der Waals surface area contributed by atoms with Crippen LogP contribution in [0.5, 0.6) is 0 Å². The first-order chi connectivity index (χ1) is 14.9. The first-order valence-corrected chi connectivity index (χ1v) is 10.7. The Morgan fingerprint density at radius 1 is 1.19 bits per heavy atom. The zero-order valence-corrected chi connectivity index (χ0v) is 17.6. The van der Waals surface area contributed by atoms with E-state index >= 15 is 0 Å². The topological polar surface area (TPSA) is 98.4 Å². The summed E-state index contributed by atoms with van der Waals surface area (Å²) in [5.74, 6) is -1.03. The number of primary amides is 1. The van der Waals surface area contributed by atoms with Crippen molar-refractivity contribution in [3.63, 3.8) is 0 Å². The standard InChI is InChI=1S/C23H27FN4O3/c1-14-12-26-13-20(27-14)21-8-9-31-28(21)23(30)17-5-2-15(3-6-17)10-16-4-7-19(24)18(11-16)22(25)29/h4,7,11-13,15,17,21H,2-3,5-6,8-10H2,1H3,(H2,25,29)/t15-,17-,21-/m0/s1. The Morgan fingerprint density at radius 2 is 1.97 bits per heavy atom. The molecule has 8 heteroatoms. The summed E-state index contributed by atoms with van der Waals surface area (Å²) >= 11 is 0. The highest BCUT2D eigenvalue weighted by atomic mass is 19.1. The molecule has 1 atom stereocenters. The molecule has 31 heavy (non-hydrogen) atoms. The molecule has 2 N–H and O–H groups in total. The smallest absolute Gasteiger partial charge is 0.251 e. The van der Waals surface area contributed by atoms with Gasteiger partial charge in [-0.05, 0) is 62.6 Å². The van der Waals surface area contributed by atoms with E-state index in [0.29, 0.717) is 18.9 Å². The average molecular weight is 426 g/mol. The minimum atomic E-state index is -0.757. The summed E-state index contributed by atoms with van der Waals surface area (Å²) < 4.78 is 13.7. The maximum absolute atomic E-state index is 13.7. The van der Waals surface area contributed by atoms with Crippen LogP contribution >= 0.6 is 0 Å². The molecule has 1 aromatic carbocycles. The number of hydroxylamine groups is 2. The monoisotopic (exact) mass is 426 g/mol. The number of amides is 2. The quantitative estimate of drug-likeness (QED) is 0.791. The zero-order chi connectivity index (χ0) is 22.0. The van der Waals surface area contributed by atoms with Crippen molar-refractivity contribution in [1.29, 1.82) is 0 Å². The molecule has 2 amide bonds. The molecule has 2 fully saturated rings. The lowest BCUT2D eigenvalue weighted by Gasteiger charge is -2.31. The lowest BCUT2D eigenvalue weighted by Crippen LogP contribution is -2.37. The van der Waals surface area contributed by atoms with Gasteiger partial charge in [0.15, 0.2) is 0 Å². The van der Waals surface area contributed by atoms with Gasteiger partial charge in [-0.15, -0.1) is 0 Å². The number of aromatic nitrogens is 2. The molecule has 0 radical (unpaired) electrons. The highest BCUT2D eigenvalue weighted by Gasteiger charge is 2.38. The van der Waals surface area contributed by atoms with Crippen molar-refractivity contribution >= 4 is 11.8 Å². The maximum Gasteiger partial charge on any atom is 0.251 e. The van der Waals surface area contributed by atoms with Gasteiger partial charge in [0.25, 0.3) is 5.91 Å². The first kappa shape index (κ1) is 21.4. The van der Waals surface area contributed by atoms with Crippen LogP contribution in [0.2, 0.25) is 0 Å². The molecule has 0 spiro atoms. The van der Waals surface area contributed by atoms with Gasteiger partial charge in [0.05, 0.1) is 29.8 Å². The third kappa shape index (κ3) is 4.74. The number of hydrogen-bond acceptors (Lipinski definition) is 5. The van der Waals surface area contributed by atoms with E-state index in [9.17, 15) is 14.0 Å². The second-order valence-corrected chi connectivity index (χ2v) is 8.49. The van der Waals surface area contributed by atoms with Gasteiger partial charge < -0.3 is 5.73 Å². The third-order valence-corrected chi connectivity index (χ3v) is 6.25. The minimum Gasteiger partial charge on any atom is -0.366 e. The normalized spacial score (nSPS) is 23.7. The van der Waals surface area contributed by atoms with Crippen molar-refractivity contribution in [3.8, 4) is 0 Å². The van der Waals surface area contributed by atoms with Gasteiger partial charge in [0.1, 0.15) is 11.9 Å². The highest BCUT2D eigenvalue weighted by Crippen LogP contribution is 2.36.